The van der Waals surface area contributed by atoms with Gasteiger partial charge in [0.1, 0.15) is 5.60 Å². The molecule has 3 aromatic rings. The third-order valence-electron chi connectivity index (χ3n) is 5.27. The molecule has 0 aliphatic carbocycles. The zero-order valence-corrected chi connectivity index (χ0v) is 19.9. The molecule has 3 rings (SSSR count). The molecule has 0 saturated carbocycles. The maximum atomic E-state index is 13.6. The van der Waals surface area contributed by atoms with E-state index >= 15 is 0 Å². The number of hydrogen-bond acceptors (Lipinski definition) is 6. The van der Waals surface area contributed by atoms with Gasteiger partial charge < -0.3 is 19.7 Å². The van der Waals surface area contributed by atoms with Crippen LogP contribution in [0.2, 0.25) is 5.02 Å². The molecule has 1 atom stereocenters. The van der Waals surface area contributed by atoms with Crippen LogP contribution in [0.1, 0.15) is 11.1 Å². The van der Waals surface area contributed by atoms with Crippen molar-refractivity contribution in [1.29, 1.82) is 0 Å². The molecule has 0 aromatic heterocycles. The Kier molecular flexibility index (Phi) is 7.99. The average molecular weight is 492 g/mol. The van der Waals surface area contributed by atoms with Crippen LogP contribution in [0, 0.1) is 0 Å². The topological polar surface area (TPSA) is 96.3 Å². The Morgan fingerprint density at radius 3 is 2.15 bits per heavy atom. The number of sulfonamides is 1. The van der Waals surface area contributed by atoms with Gasteiger partial charge in [-0.1, -0.05) is 48.0 Å². The minimum atomic E-state index is -4.07. The highest BCUT2D eigenvalue weighted by atomic mass is 35.5. The van der Waals surface area contributed by atoms with Gasteiger partial charge in [0.2, 0.25) is 10.0 Å². The molecule has 0 spiro atoms. The molecule has 176 valence electrons. The first-order valence-electron chi connectivity index (χ1n) is 10.1. The molecular weight excluding hydrogens is 466 g/mol. The second-order valence-electron chi connectivity index (χ2n) is 7.47. The third-order valence-corrected chi connectivity index (χ3v) is 7.33. The van der Waals surface area contributed by atoms with E-state index < -0.39 is 22.2 Å². The zero-order valence-electron chi connectivity index (χ0n) is 18.3. The summed E-state index contributed by atoms with van der Waals surface area (Å²) in [5, 5.41) is 21.7. The van der Waals surface area contributed by atoms with E-state index in [1.54, 1.807) is 48.5 Å². The predicted octanol–water partition coefficient (Wildman–Crippen LogP) is 3.43. The molecule has 0 bridgehead atoms. The number of ether oxygens (including phenoxy) is 2. The molecule has 0 radical (unpaired) electrons. The average Bonchev–Trinajstić information content (AvgIpc) is 2.84. The largest absolute Gasteiger partial charge is 0.493 e. The summed E-state index contributed by atoms with van der Waals surface area (Å²) in [6, 6.07) is 19.3. The molecule has 9 heteroatoms. The lowest BCUT2D eigenvalue weighted by molar-refractivity contribution is -0.0324. The van der Waals surface area contributed by atoms with E-state index in [4.69, 9.17) is 21.1 Å². The number of methoxy groups -OCH3 is 2. The monoisotopic (exact) mass is 491 g/mol. The normalized spacial score (nSPS) is 13.5. The van der Waals surface area contributed by atoms with Crippen LogP contribution in [0.3, 0.4) is 0 Å². The zero-order chi connectivity index (χ0) is 24.1. The maximum Gasteiger partial charge on any atom is 0.243 e. The van der Waals surface area contributed by atoms with Gasteiger partial charge in [0.05, 0.1) is 25.7 Å². The Bertz CT molecular complexity index is 1170. The molecule has 0 amide bonds. The highest BCUT2D eigenvalue weighted by Crippen LogP contribution is 2.31. The molecule has 0 aliphatic heterocycles. The van der Waals surface area contributed by atoms with Gasteiger partial charge in [0.15, 0.2) is 11.5 Å². The van der Waals surface area contributed by atoms with Crippen molar-refractivity contribution in [2.75, 3.05) is 27.4 Å². The summed E-state index contributed by atoms with van der Waals surface area (Å²) in [6.07, 6.45) is 0. The van der Waals surface area contributed by atoms with Gasteiger partial charge in [-0.2, -0.15) is 4.31 Å². The van der Waals surface area contributed by atoms with Crippen LogP contribution in [0.5, 0.6) is 11.5 Å². The predicted molar refractivity (Wildman–Crippen MR) is 126 cm³/mol. The Morgan fingerprint density at radius 1 is 0.939 bits per heavy atom. The summed E-state index contributed by atoms with van der Waals surface area (Å²) in [4.78, 5) is 0.0146. The summed E-state index contributed by atoms with van der Waals surface area (Å²) >= 11 is 5.93. The van der Waals surface area contributed by atoms with Crippen molar-refractivity contribution in [3.05, 3.63) is 88.9 Å². The maximum absolute atomic E-state index is 13.6. The van der Waals surface area contributed by atoms with Crippen molar-refractivity contribution in [2.45, 2.75) is 17.0 Å². The van der Waals surface area contributed by atoms with E-state index in [0.29, 0.717) is 27.6 Å². The minimum Gasteiger partial charge on any atom is -0.493 e. The number of aliphatic hydroxyl groups excluding tert-OH is 1. The molecule has 0 fully saturated rings. The summed E-state index contributed by atoms with van der Waals surface area (Å²) in [5.74, 6) is 0.948. The third kappa shape index (κ3) is 5.66. The van der Waals surface area contributed by atoms with E-state index in [1.807, 2.05) is 0 Å². The van der Waals surface area contributed by atoms with Gasteiger partial charge in [-0.3, -0.25) is 0 Å². The van der Waals surface area contributed by atoms with Crippen molar-refractivity contribution >= 4 is 21.6 Å². The second kappa shape index (κ2) is 10.5. The Balaban J connectivity index is 2.05. The fourth-order valence-electron chi connectivity index (χ4n) is 3.44. The molecule has 33 heavy (non-hydrogen) atoms. The first kappa shape index (κ1) is 25.0. The fourth-order valence-corrected chi connectivity index (χ4v) is 5.04. The first-order chi connectivity index (χ1) is 15.7. The van der Waals surface area contributed by atoms with Crippen LogP contribution >= 0.6 is 11.6 Å². The van der Waals surface area contributed by atoms with Crippen molar-refractivity contribution < 1.29 is 28.1 Å². The van der Waals surface area contributed by atoms with E-state index in [9.17, 15) is 18.6 Å². The van der Waals surface area contributed by atoms with E-state index in [2.05, 4.69) is 0 Å². The molecule has 2 N–H and O–H groups in total. The quantitative estimate of drug-likeness (QED) is 0.451. The lowest BCUT2D eigenvalue weighted by Gasteiger charge is -2.33. The SMILES string of the molecule is COc1ccc(CN(C[C@@](O)(CO)c2ccccc2)S(=O)(=O)c2ccc(Cl)cc2)cc1OC. The molecule has 0 heterocycles. The van der Waals surface area contributed by atoms with Crippen LogP contribution < -0.4 is 9.47 Å². The molecular formula is C24H26ClNO6S. The van der Waals surface area contributed by atoms with E-state index in [0.717, 1.165) is 4.31 Å². The van der Waals surface area contributed by atoms with Crippen LogP contribution in [0.25, 0.3) is 0 Å². The highest BCUT2D eigenvalue weighted by Gasteiger charge is 2.36. The van der Waals surface area contributed by atoms with Crippen molar-refractivity contribution in [1.82, 2.24) is 4.31 Å². The molecule has 0 unspecified atom stereocenters. The number of hydrogen-bond donors (Lipinski definition) is 2. The Hall–Kier alpha value is -2.62. The number of halogens is 1. The fraction of sp³-hybridized carbons (Fsp3) is 0.250. The van der Waals surface area contributed by atoms with Gasteiger partial charge in [-0.05, 0) is 47.5 Å². The second-order valence-corrected chi connectivity index (χ2v) is 9.85. The lowest BCUT2D eigenvalue weighted by Crippen LogP contribution is -2.45. The summed E-state index contributed by atoms with van der Waals surface area (Å²) in [7, 11) is -1.07. The number of aliphatic hydroxyl groups is 2. The smallest absolute Gasteiger partial charge is 0.243 e. The Labute approximate surface area is 198 Å². The van der Waals surface area contributed by atoms with Crippen LogP contribution in [0.15, 0.2) is 77.7 Å². The lowest BCUT2D eigenvalue weighted by atomic mass is 9.94. The van der Waals surface area contributed by atoms with Gasteiger partial charge >= 0.3 is 0 Å². The first-order valence-corrected chi connectivity index (χ1v) is 11.9. The van der Waals surface area contributed by atoms with Gasteiger partial charge in [-0.25, -0.2) is 8.42 Å². The van der Waals surface area contributed by atoms with E-state index in [1.165, 1.54) is 38.5 Å². The molecule has 3 aromatic carbocycles. The Morgan fingerprint density at radius 2 is 1.58 bits per heavy atom. The minimum absolute atomic E-state index is 0.0146. The van der Waals surface area contributed by atoms with Crippen molar-refractivity contribution in [3.63, 3.8) is 0 Å². The molecule has 0 saturated heterocycles. The van der Waals surface area contributed by atoms with Gasteiger partial charge in [-0.15, -0.1) is 0 Å². The van der Waals surface area contributed by atoms with Crippen LogP contribution in [-0.4, -0.2) is 50.3 Å². The van der Waals surface area contributed by atoms with Crippen molar-refractivity contribution in [2.24, 2.45) is 0 Å². The van der Waals surface area contributed by atoms with E-state index in [-0.39, 0.29) is 18.0 Å². The van der Waals surface area contributed by atoms with Gasteiger partial charge in [0.25, 0.3) is 0 Å². The summed E-state index contributed by atoms with van der Waals surface area (Å²) < 4.78 is 38.9. The summed E-state index contributed by atoms with van der Waals surface area (Å²) in [5.41, 5.74) is -0.813. The standard InChI is InChI=1S/C24H26ClNO6S/c1-31-22-13-8-18(14-23(22)32-2)15-26(33(29,30)21-11-9-20(25)10-12-21)16-24(28,17-27)19-6-4-3-5-7-19/h3-14,27-28H,15-17H2,1-2H3/t24-/m1/s1. The van der Waals surface area contributed by atoms with Gasteiger partial charge in [0, 0.05) is 18.1 Å². The number of rotatable bonds is 10. The van der Waals surface area contributed by atoms with Crippen molar-refractivity contribution in [3.8, 4) is 11.5 Å². The molecule has 7 nitrogen and oxygen atoms in total. The van der Waals surface area contributed by atoms with Crippen LogP contribution in [-0.2, 0) is 22.2 Å². The number of benzene rings is 3. The highest BCUT2D eigenvalue weighted by molar-refractivity contribution is 7.89. The molecule has 0 aliphatic rings. The number of nitrogens with zero attached hydrogens (tertiary/aromatic N) is 1. The summed E-state index contributed by atoms with van der Waals surface area (Å²) in [6.45, 7) is -1.14. The van der Waals surface area contributed by atoms with Crippen LogP contribution in [0.4, 0.5) is 0 Å².